The predicted octanol–water partition coefficient (Wildman–Crippen LogP) is 4.08. The molecule has 2 aromatic rings. The summed E-state index contributed by atoms with van der Waals surface area (Å²) in [6.45, 7) is 9.00. The molecule has 0 aliphatic heterocycles. The maximum atomic E-state index is 12.8. The highest BCUT2D eigenvalue weighted by molar-refractivity contribution is 14.0. The molecule has 1 aromatic carbocycles. The summed E-state index contributed by atoms with van der Waals surface area (Å²) in [4.78, 5) is 10.4. The van der Waals surface area contributed by atoms with Crippen molar-refractivity contribution in [3.8, 4) is 5.75 Å². The van der Waals surface area contributed by atoms with Gasteiger partial charge < -0.3 is 15.4 Å². The lowest BCUT2D eigenvalue weighted by Crippen LogP contribution is -2.38. The topological polar surface area (TPSA) is 58.5 Å². The van der Waals surface area contributed by atoms with E-state index in [9.17, 15) is 4.39 Å². The first-order valence-electron chi connectivity index (χ1n) is 8.92. The average Bonchev–Trinajstić information content (AvgIpc) is 2.94. The Morgan fingerprint density at radius 1 is 1.22 bits per heavy atom. The van der Waals surface area contributed by atoms with Crippen LogP contribution in [-0.4, -0.2) is 37.2 Å². The average molecular weight is 506 g/mol. The maximum absolute atomic E-state index is 12.8. The van der Waals surface area contributed by atoms with Crippen molar-refractivity contribution in [1.29, 1.82) is 0 Å². The number of nitrogens with one attached hydrogen (secondary N) is 2. The van der Waals surface area contributed by atoms with Crippen molar-refractivity contribution in [2.24, 2.45) is 4.99 Å². The Morgan fingerprint density at radius 3 is 2.59 bits per heavy atom. The Bertz CT molecular complexity index is 687. The van der Waals surface area contributed by atoms with Gasteiger partial charge in [0.1, 0.15) is 11.6 Å². The number of aliphatic imine (C=N–C) groups is 1. The normalized spacial score (nSPS) is 11.0. The van der Waals surface area contributed by atoms with E-state index in [4.69, 9.17) is 4.74 Å². The third kappa shape index (κ3) is 8.87. The third-order valence-electron chi connectivity index (χ3n) is 3.70. The molecule has 0 bridgehead atoms. The largest absolute Gasteiger partial charge is 0.494 e. The first-order valence-corrected chi connectivity index (χ1v) is 9.73. The van der Waals surface area contributed by atoms with Crippen LogP contribution < -0.4 is 15.4 Å². The molecule has 0 saturated carbocycles. The standard InChI is InChI=1S/C19H27FN4OS.HI/c1-4-21-19(23-12-10-18-24-14(2)15(3)26-18)22-11-5-13-25-17-8-6-16(20)7-9-17;/h6-9H,4-5,10-13H2,1-3H3,(H2,21,22,23);1H. The number of hydrogen-bond acceptors (Lipinski definition) is 4. The van der Waals surface area contributed by atoms with Gasteiger partial charge in [-0.1, -0.05) is 0 Å². The van der Waals surface area contributed by atoms with Crippen LogP contribution in [0.25, 0.3) is 0 Å². The predicted molar refractivity (Wildman–Crippen MR) is 121 cm³/mol. The van der Waals surface area contributed by atoms with E-state index in [0.29, 0.717) is 18.9 Å². The summed E-state index contributed by atoms with van der Waals surface area (Å²) in [7, 11) is 0. The van der Waals surface area contributed by atoms with Gasteiger partial charge in [-0.15, -0.1) is 35.3 Å². The van der Waals surface area contributed by atoms with Crippen molar-refractivity contribution in [3.63, 3.8) is 0 Å². The Balaban J connectivity index is 0.00000364. The second-order valence-corrected chi connectivity index (χ2v) is 7.13. The molecule has 0 spiro atoms. The number of aromatic nitrogens is 1. The van der Waals surface area contributed by atoms with E-state index in [1.54, 1.807) is 23.5 Å². The molecule has 1 aromatic heterocycles. The molecule has 5 nitrogen and oxygen atoms in total. The van der Waals surface area contributed by atoms with Crippen LogP contribution in [0.15, 0.2) is 29.3 Å². The van der Waals surface area contributed by atoms with Crippen molar-refractivity contribution in [1.82, 2.24) is 15.6 Å². The zero-order valence-corrected chi connectivity index (χ0v) is 19.2. The van der Waals surface area contributed by atoms with Crippen LogP contribution >= 0.6 is 35.3 Å². The van der Waals surface area contributed by atoms with Crippen molar-refractivity contribution in [3.05, 3.63) is 45.7 Å². The second kappa shape index (κ2) is 12.9. The van der Waals surface area contributed by atoms with Gasteiger partial charge >= 0.3 is 0 Å². The molecule has 0 fully saturated rings. The lowest BCUT2D eigenvalue weighted by atomic mass is 10.3. The highest BCUT2D eigenvalue weighted by atomic mass is 127. The Labute approximate surface area is 181 Å². The minimum Gasteiger partial charge on any atom is -0.494 e. The van der Waals surface area contributed by atoms with Gasteiger partial charge in [-0.2, -0.15) is 0 Å². The smallest absolute Gasteiger partial charge is 0.191 e. The highest BCUT2D eigenvalue weighted by Gasteiger charge is 2.04. The third-order valence-corrected chi connectivity index (χ3v) is 4.84. The molecule has 2 N–H and O–H groups in total. The van der Waals surface area contributed by atoms with E-state index in [0.717, 1.165) is 42.6 Å². The van der Waals surface area contributed by atoms with Gasteiger partial charge in [0.2, 0.25) is 0 Å². The van der Waals surface area contributed by atoms with Crippen LogP contribution in [0.4, 0.5) is 4.39 Å². The SMILES string of the molecule is CCNC(=NCCCOc1ccc(F)cc1)NCCc1nc(C)c(C)s1.I. The molecule has 0 radical (unpaired) electrons. The Morgan fingerprint density at radius 2 is 1.96 bits per heavy atom. The molecule has 0 aliphatic rings. The summed E-state index contributed by atoms with van der Waals surface area (Å²) >= 11 is 1.75. The van der Waals surface area contributed by atoms with E-state index >= 15 is 0 Å². The van der Waals surface area contributed by atoms with Crippen molar-refractivity contribution >= 4 is 41.3 Å². The number of guanidine groups is 1. The summed E-state index contributed by atoms with van der Waals surface area (Å²) in [6, 6.07) is 6.05. The summed E-state index contributed by atoms with van der Waals surface area (Å²) in [6.07, 6.45) is 1.68. The minimum absolute atomic E-state index is 0. The van der Waals surface area contributed by atoms with E-state index in [1.165, 1.54) is 17.0 Å². The van der Waals surface area contributed by atoms with Crippen molar-refractivity contribution in [2.75, 3.05) is 26.2 Å². The molecular weight excluding hydrogens is 478 g/mol. The minimum atomic E-state index is -0.258. The Kier molecular flexibility index (Phi) is 11.3. The number of thiazole rings is 1. The zero-order chi connectivity index (χ0) is 18.8. The summed E-state index contributed by atoms with van der Waals surface area (Å²) in [5, 5.41) is 7.72. The monoisotopic (exact) mass is 506 g/mol. The van der Waals surface area contributed by atoms with Crippen molar-refractivity contribution < 1.29 is 9.13 Å². The van der Waals surface area contributed by atoms with Crippen molar-refractivity contribution in [2.45, 2.75) is 33.6 Å². The molecular formula is C19H28FIN4OS. The molecule has 0 saturated heterocycles. The molecule has 1 heterocycles. The molecule has 0 unspecified atom stereocenters. The number of rotatable bonds is 9. The van der Waals surface area contributed by atoms with Gasteiger partial charge in [0.15, 0.2) is 5.96 Å². The Hall–Kier alpha value is -1.42. The van der Waals surface area contributed by atoms with Gasteiger partial charge in [0, 0.05) is 37.4 Å². The number of hydrogen-bond donors (Lipinski definition) is 2. The van der Waals surface area contributed by atoms with Gasteiger partial charge in [0.05, 0.1) is 17.3 Å². The van der Waals surface area contributed by atoms with E-state index < -0.39 is 0 Å². The molecule has 27 heavy (non-hydrogen) atoms. The maximum Gasteiger partial charge on any atom is 0.191 e. The van der Waals surface area contributed by atoms with E-state index in [2.05, 4.69) is 27.5 Å². The van der Waals surface area contributed by atoms with Crippen LogP contribution in [-0.2, 0) is 6.42 Å². The number of nitrogens with zero attached hydrogens (tertiary/aromatic N) is 2. The van der Waals surface area contributed by atoms with Gasteiger partial charge in [-0.3, -0.25) is 4.99 Å². The van der Waals surface area contributed by atoms with Gasteiger partial charge in [0.25, 0.3) is 0 Å². The zero-order valence-electron chi connectivity index (χ0n) is 16.0. The first kappa shape index (κ1) is 23.6. The highest BCUT2D eigenvalue weighted by Crippen LogP contribution is 2.16. The number of benzene rings is 1. The number of aryl methyl sites for hydroxylation is 2. The molecule has 2 rings (SSSR count). The fourth-order valence-electron chi connectivity index (χ4n) is 2.25. The summed E-state index contributed by atoms with van der Waals surface area (Å²) in [5.74, 6) is 1.22. The number of halogens is 2. The fourth-order valence-corrected chi connectivity index (χ4v) is 3.19. The van der Waals surface area contributed by atoms with E-state index in [1.807, 2.05) is 13.8 Å². The molecule has 0 atom stereocenters. The molecule has 8 heteroatoms. The van der Waals surface area contributed by atoms with Crippen LogP contribution in [0.2, 0.25) is 0 Å². The summed E-state index contributed by atoms with van der Waals surface area (Å²) < 4.78 is 18.4. The molecule has 0 aliphatic carbocycles. The van der Waals surface area contributed by atoms with E-state index in [-0.39, 0.29) is 29.8 Å². The van der Waals surface area contributed by atoms with Gasteiger partial charge in [-0.05, 0) is 45.0 Å². The molecule has 150 valence electrons. The van der Waals surface area contributed by atoms with Crippen LogP contribution in [0, 0.1) is 19.7 Å². The fraction of sp³-hybridized carbons (Fsp3) is 0.474. The lowest BCUT2D eigenvalue weighted by Gasteiger charge is -2.11. The molecule has 0 amide bonds. The van der Waals surface area contributed by atoms with Crippen LogP contribution in [0.1, 0.15) is 28.9 Å². The first-order chi connectivity index (χ1) is 12.6. The second-order valence-electron chi connectivity index (χ2n) is 5.84. The lowest BCUT2D eigenvalue weighted by molar-refractivity contribution is 0.313. The number of ether oxygens (including phenoxy) is 1. The van der Waals surface area contributed by atoms with Crippen LogP contribution in [0.3, 0.4) is 0 Å². The summed E-state index contributed by atoms with van der Waals surface area (Å²) in [5.41, 5.74) is 1.12. The van der Waals surface area contributed by atoms with Crippen LogP contribution in [0.5, 0.6) is 5.75 Å². The van der Waals surface area contributed by atoms with Gasteiger partial charge in [-0.25, -0.2) is 9.37 Å². The quantitative estimate of drug-likeness (QED) is 0.233.